The van der Waals surface area contributed by atoms with E-state index in [1.807, 2.05) is 42.5 Å². The van der Waals surface area contributed by atoms with Crippen LogP contribution in [0.15, 0.2) is 96.0 Å². The zero-order valence-electron chi connectivity index (χ0n) is 23.1. The Labute approximate surface area is 271 Å². The Balaban J connectivity index is 1.49. The Morgan fingerprint density at radius 2 is 1.44 bits per heavy atom. The van der Waals surface area contributed by atoms with Crippen molar-refractivity contribution >= 4 is 82.0 Å². The molecule has 0 aromatic heterocycles. The molecule has 0 saturated carbocycles. The van der Waals surface area contributed by atoms with Crippen LogP contribution >= 0.6 is 57.4 Å². The molecule has 0 spiro atoms. The molecule has 41 heavy (non-hydrogen) atoms. The molecular weight excluding hydrogens is 712 g/mol. The van der Waals surface area contributed by atoms with E-state index in [9.17, 15) is 0 Å². The molecule has 0 aliphatic carbocycles. The van der Waals surface area contributed by atoms with E-state index in [-0.39, 0.29) is 21.5 Å². The van der Waals surface area contributed by atoms with Gasteiger partial charge < -0.3 is 18.6 Å². The minimum absolute atomic E-state index is 0.0474. The highest BCUT2D eigenvalue weighted by atomic mass is 127. The van der Waals surface area contributed by atoms with Crippen LogP contribution in [0.25, 0.3) is 0 Å². The van der Waals surface area contributed by atoms with E-state index in [0.29, 0.717) is 6.61 Å². The lowest BCUT2D eigenvalue weighted by Crippen LogP contribution is -2.67. The van der Waals surface area contributed by atoms with Gasteiger partial charge in [-0.2, -0.15) is 0 Å². The highest BCUT2D eigenvalue weighted by molar-refractivity contribution is 14.1. The van der Waals surface area contributed by atoms with Crippen LogP contribution in [-0.4, -0.2) is 53.4 Å². The summed E-state index contributed by atoms with van der Waals surface area (Å²) in [6, 6.07) is 30.6. The molecule has 0 radical (unpaired) electrons. The van der Waals surface area contributed by atoms with Crippen LogP contribution in [0.4, 0.5) is 0 Å². The quantitative estimate of drug-likeness (QED) is 0.148. The second-order valence-corrected chi connectivity index (χ2v) is 19.4. The smallest absolute Gasteiger partial charge is 0.266 e. The minimum atomic E-state index is -2.77. The zero-order valence-corrected chi connectivity index (χ0v) is 28.5. The lowest BCUT2D eigenvalue weighted by molar-refractivity contribution is -0.261. The molecule has 10 heteroatoms. The fourth-order valence-corrected chi connectivity index (χ4v) is 11.6. The molecule has 1 saturated heterocycles. The fourth-order valence-electron chi connectivity index (χ4n) is 5.61. The van der Waals surface area contributed by atoms with Crippen molar-refractivity contribution in [2.75, 3.05) is 13.2 Å². The van der Waals surface area contributed by atoms with E-state index in [1.165, 1.54) is 10.4 Å². The number of hydrogen-bond acceptors (Lipinski definition) is 5. The summed E-state index contributed by atoms with van der Waals surface area (Å²) in [7, 11) is -2.77. The van der Waals surface area contributed by atoms with Crippen molar-refractivity contribution in [3.05, 3.63) is 96.6 Å². The van der Waals surface area contributed by atoms with Crippen molar-refractivity contribution in [2.24, 2.45) is 4.99 Å². The van der Waals surface area contributed by atoms with E-state index in [2.05, 4.69) is 91.9 Å². The summed E-state index contributed by atoms with van der Waals surface area (Å²) >= 11 is 21.2. The Bertz CT molecular complexity index is 1280. The summed E-state index contributed by atoms with van der Waals surface area (Å²) in [5.74, 6) is 0.0474. The first kappa shape index (κ1) is 31.3. The van der Waals surface area contributed by atoms with Crippen molar-refractivity contribution in [1.29, 1.82) is 0 Å². The molecule has 5 nitrogen and oxygen atoms in total. The summed E-state index contributed by atoms with van der Waals surface area (Å²) in [6.45, 7) is 7.48. The Hall–Kier alpha value is -1.17. The van der Waals surface area contributed by atoms with Crippen LogP contribution in [-0.2, 0) is 18.6 Å². The molecule has 2 aliphatic rings. The molecule has 5 rings (SSSR count). The predicted molar refractivity (Wildman–Crippen MR) is 178 cm³/mol. The van der Waals surface area contributed by atoms with Crippen LogP contribution in [0.1, 0.15) is 32.6 Å². The zero-order chi connectivity index (χ0) is 29.3. The first-order chi connectivity index (χ1) is 19.5. The van der Waals surface area contributed by atoms with E-state index in [1.54, 1.807) is 0 Å². The summed E-state index contributed by atoms with van der Waals surface area (Å²) in [6.07, 6.45) is -1.45. The van der Waals surface area contributed by atoms with Gasteiger partial charge in [0.25, 0.3) is 12.1 Å². The average molecular weight is 745 g/mol. The Morgan fingerprint density at radius 1 is 0.902 bits per heavy atom. The lowest BCUT2D eigenvalue weighted by Gasteiger charge is -2.46. The highest BCUT2D eigenvalue weighted by Crippen LogP contribution is 2.41. The summed E-state index contributed by atoms with van der Waals surface area (Å²) in [5.41, 5.74) is 0.925. The van der Waals surface area contributed by atoms with Gasteiger partial charge in [0.1, 0.15) is 6.10 Å². The number of ether oxygens (including phenoxy) is 3. The maximum atomic E-state index is 7.23. The number of aliphatic imine (C=N–C) groups is 1. The molecule has 0 N–H and O–H groups in total. The molecule has 3 aromatic rings. The van der Waals surface area contributed by atoms with Gasteiger partial charge in [0.15, 0.2) is 12.4 Å². The normalized spacial score (nSPS) is 24.1. The number of fused-ring (bicyclic) bond motifs is 1. The van der Waals surface area contributed by atoms with Gasteiger partial charge in [-0.25, -0.2) is 4.99 Å². The summed E-state index contributed by atoms with van der Waals surface area (Å²) in [5, 5.41) is 2.26. The minimum Gasteiger partial charge on any atom is -0.469 e. The number of alkyl halides is 4. The van der Waals surface area contributed by atoms with Gasteiger partial charge in [0.2, 0.25) is 5.90 Å². The summed E-state index contributed by atoms with van der Waals surface area (Å²) in [4.78, 5) is 4.82. The second kappa shape index (κ2) is 12.8. The standard InChI is InChI=1S/C31H33Cl3INO4Si/c1-30(2,3)41(22-15-9-5-10-16-22,23-17-11-6-12-18-23)38-19-24(35)26-27-25(39-29(36-26)31(32,33)34)20-37-28(40-27)21-13-7-4-8-14-21/h4-18,24-28H,19-20H2,1-3H3/t24-,25+,26+,27-,28-/m0/s1. The largest absolute Gasteiger partial charge is 0.469 e. The third-order valence-corrected chi connectivity index (χ3v) is 14.1. The highest BCUT2D eigenvalue weighted by Gasteiger charge is 2.52. The molecule has 2 heterocycles. The maximum Gasteiger partial charge on any atom is 0.266 e. The van der Waals surface area contributed by atoms with Crippen LogP contribution in [0.3, 0.4) is 0 Å². The van der Waals surface area contributed by atoms with Crippen LogP contribution in [0, 0.1) is 0 Å². The van der Waals surface area contributed by atoms with Crippen molar-refractivity contribution in [3.63, 3.8) is 0 Å². The van der Waals surface area contributed by atoms with Crippen molar-refractivity contribution < 1.29 is 18.6 Å². The Kier molecular flexibility index (Phi) is 9.77. The average Bonchev–Trinajstić information content (AvgIpc) is 2.97. The third-order valence-electron chi connectivity index (χ3n) is 7.49. The number of hydrogen-bond donors (Lipinski definition) is 0. The van der Waals surface area contributed by atoms with E-state index < -0.39 is 36.6 Å². The Morgan fingerprint density at radius 3 is 1.95 bits per heavy atom. The number of nitrogens with zero attached hydrogens (tertiary/aromatic N) is 1. The van der Waals surface area contributed by atoms with Crippen molar-refractivity contribution in [1.82, 2.24) is 0 Å². The maximum absolute atomic E-state index is 7.23. The second-order valence-electron chi connectivity index (χ2n) is 11.2. The van der Waals surface area contributed by atoms with E-state index in [4.69, 9.17) is 58.4 Å². The van der Waals surface area contributed by atoms with Gasteiger partial charge in [-0.05, 0) is 15.4 Å². The first-order valence-corrected chi connectivity index (χ1v) is 17.8. The van der Waals surface area contributed by atoms with Crippen molar-refractivity contribution in [2.45, 2.75) is 58.1 Å². The van der Waals surface area contributed by atoms with Gasteiger partial charge in [0.05, 0.1) is 16.6 Å². The van der Waals surface area contributed by atoms with E-state index >= 15 is 0 Å². The lowest BCUT2D eigenvalue weighted by atomic mass is 10.0. The molecular formula is C31H33Cl3INO4Si. The number of rotatable bonds is 7. The topological polar surface area (TPSA) is 49.3 Å². The molecule has 0 amide bonds. The molecule has 2 aliphatic heterocycles. The summed E-state index contributed by atoms with van der Waals surface area (Å²) < 4.78 is 23.9. The van der Waals surface area contributed by atoms with Crippen LogP contribution in [0.5, 0.6) is 0 Å². The van der Waals surface area contributed by atoms with Crippen LogP contribution < -0.4 is 10.4 Å². The monoisotopic (exact) mass is 743 g/mol. The van der Waals surface area contributed by atoms with Gasteiger partial charge in [0, 0.05) is 12.2 Å². The SMILES string of the molecule is CC(C)(C)[Si](OC[C@H](I)[C@H]1N=C(C(Cl)(Cl)Cl)O[C@@H]2CO[C@H](c3ccccc3)O[C@H]12)(c1ccccc1)c1ccccc1. The van der Waals surface area contributed by atoms with Gasteiger partial charge in [-0.1, -0.05) is 169 Å². The van der Waals surface area contributed by atoms with Gasteiger partial charge in [-0.3, -0.25) is 0 Å². The molecule has 0 unspecified atom stereocenters. The molecule has 5 atom stereocenters. The number of benzene rings is 3. The predicted octanol–water partition coefficient (Wildman–Crippen LogP) is 7.02. The fraction of sp³-hybridized carbons (Fsp3) is 0.387. The molecule has 0 bridgehead atoms. The number of halogens is 4. The van der Waals surface area contributed by atoms with Crippen LogP contribution in [0.2, 0.25) is 5.04 Å². The molecule has 3 aromatic carbocycles. The molecule has 1 fully saturated rings. The van der Waals surface area contributed by atoms with Crippen molar-refractivity contribution in [3.8, 4) is 0 Å². The third kappa shape index (κ3) is 6.67. The first-order valence-electron chi connectivity index (χ1n) is 13.5. The van der Waals surface area contributed by atoms with Gasteiger partial charge >= 0.3 is 0 Å². The molecule has 218 valence electrons. The van der Waals surface area contributed by atoms with E-state index in [0.717, 1.165) is 5.56 Å². The van der Waals surface area contributed by atoms with Gasteiger partial charge in [-0.15, -0.1) is 0 Å².